The molecule has 1 heterocycles. The molecular formula is C14H13BrOS. The Morgan fingerprint density at radius 3 is 2.41 bits per heavy atom. The van der Waals surface area contributed by atoms with Gasteiger partial charge < -0.3 is 0 Å². The predicted octanol–water partition coefficient (Wildman–Crippen LogP) is 4.67. The molecule has 0 saturated heterocycles. The Balaban J connectivity index is 2.50. The van der Waals surface area contributed by atoms with E-state index in [1.54, 1.807) is 11.3 Å². The van der Waals surface area contributed by atoms with E-state index in [2.05, 4.69) is 15.9 Å². The number of hydrogen-bond donors (Lipinski definition) is 0. The number of ketones is 1. The van der Waals surface area contributed by atoms with Crippen molar-refractivity contribution in [1.82, 2.24) is 0 Å². The van der Waals surface area contributed by atoms with Gasteiger partial charge in [0.05, 0.1) is 3.79 Å². The number of benzene rings is 1. The van der Waals surface area contributed by atoms with Crippen LogP contribution in [0, 0.1) is 20.8 Å². The van der Waals surface area contributed by atoms with E-state index >= 15 is 0 Å². The molecule has 0 aliphatic carbocycles. The number of halogens is 1. The van der Waals surface area contributed by atoms with Crippen LogP contribution in [0.15, 0.2) is 28.1 Å². The van der Waals surface area contributed by atoms with Crippen LogP contribution >= 0.6 is 27.3 Å². The Kier molecular flexibility index (Phi) is 3.50. The van der Waals surface area contributed by atoms with E-state index in [9.17, 15) is 4.79 Å². The Bertz CT molecular complexity index is 584. The van der Waals surface area contributed by atoms with Gasteiger partial charge in [-0.15, -0.1) is 11.3 Å². The van der Waals surface area contributed by atoms with Crippen LogP contribution in [0.25, 0.3) is 0 Å². The average molecular weight is 309 g/mol. The van der Waals surface area contributed by atoms with E-state index in [0.29, 0.717) is 0 Å². The van der Waals surface area contributed by atoms with E-state index in [1.807, 2.05) is 45.0 Å². The van der Waals surface area contributed by atoms with E-state index in [1.165, 1.54) is 0 Å². The third-order valence-electron chi connectivity index (χ3n) is 2.77. The van der Waals surface area contributed by atoms with Crippen LogP contribution in [0.3, 0.4) is 0 Å². The van der Waals surface area contributed by atoms with E-state index in [-0.39, 0.29) is 5.78 Å². The first-order valence-corrected chi connectivity index (χ1v) is 6.98. The largest absolute Gasteiger partial charge is 0.289 e. The maximum absolute atomic E-state index is 12.4. The number of carbonyl (C=O) groups excluding carboxylic acids is 1. The standard InChI is InChI=1S/C14H13BrOS/c1-8-4-5-9(2)11(6-8)14(16)12-7-13(15)17-10(12)3/h4-7H,1-3H3. The average Bonchev–Trinajstić information content (AvgIpc) is 2.60. The summed E-state index contributed by atoms with van der Waals surface area (Å²) in [6.45, 7) is 5.96. The van der Waals surface area contributed by atoms with Crippen LogP contribution < -0.4 is 0 Å². The van der Waals surface area contributed by atoms with Gasteiger partial charge in [0.25, 0.3) is 0 Å². The van der Waals surface area contributed by atoms with E-state index < -0.39 is 0 Å². The fraction of sp³-hybridized carbons (Fsp3) is 0.214. The SMILES string of the molecule is Cc1ccc(C)c(C(=O)c2cc(Br)sc2C)c1. The zero-order valence-corrected chi connectivity index (χ0v) is 12.4. The lowest BCUT2D eigenvalue weighted by Gasteiger charge is -2.05. The molecule has 2 rings (SSSR count). The molecule has 3 heteroatoms. The normalized spacial score (nSPS) is 10.6. The van der Waals surface area contributed by atoms with Gasteiger partial charge in [0.15, 0.2) is 5.78 Å². The van der Waals surface area contributed by atoms with Crippen molar-refractivity contribution in [1.29, 1.82) is 0 Å². The topological polar surface area (TPSA) is 17.1 Å². The number of aryl methyl sites for hydroxylation is 3. The van der Waals surface area contributed by atoms with Crippen LogP contribution in [0.5, 0.6) is 0 Å². The minimum atomic E-state index is 0.116. The summed E-state index contributed by atoms with van der Waals surface area (Å²) in [7, 11) is 0. The summed E-state index contributed by atoms with van der Waals surface area (Å²) < 4.78 is 1.00. The van der Waals surface area contributed by atoms with Crippen molar-refractivity contribution in [3.8, 4) is 0 Å². The van der Waals surface area contributed by atoms with Gasteiger partial charge in [-0.3, -0.25) is 4.79 Å². The minimum absolute atomic E-state index is 0.116. The fourth-order valence-electron chi connectivity index (χ4n) is 1.80. The lowest BCUT2D eigenvalue weighted by atomic mass is 9.98. The maximum Gasteiger partial charge on any atom is 0.194 e. The number of thiophene rings is 1. The summed E-state index contributed by atoms with van der Waals surface area (Å²) >= 11 is 5.02. The zero-order chi connectivity index (χ0) is 12.6. The summed E-state index contributed by atoms with van der Waals surface area (Å²) in [5, 5.41) is 0. The molecule has 0 atom stereocenters. The third-order valence-corrected chi connectivity index (χ3v) is 4.32. The highest BCUT2D eigenvalue weighted by Gasteiger charge is 2.16. The van der Waals surface area contributed by atoms with Crippen LogP contribution in [-0.4, -0.2) is 5.78 Å². The van der Waals surface area contributed by atoms with Gasteiger partial charge in [0.1, 0.15) is 0 Å². The van der Waals surface area contributed by atoms with Crippen molar-refractivity contribution < 1.29 is 4.79 Å². The second kappa shape index (κ2) is 4.75. The molecule has 1 aromatic heterocycles. The van der Waals surface area contributed by atoms with Gasteiger partial charge in [-0.1, -0.05) is 17.7 Å². The number of hydrogen-bond acceptors (Lipinski definition) is 2. The molecule has 0 fully saturated rings. The molecule has 0 saturated carbocycles. The molecule has 0 spiro atoms. The summed E-state index contributed by atoms with van der Waals surface area (Å²) in [4.78, 5) is 13.5. The van der Waals surface area contributed by atoms with Crippen molar-refractivity contribution in [3.05, 3.63) is 55.2 Å². The molecule has 0 amide bonds. The first-order valence-electron chi connectivity index (χ1n) is 5.37. The van der Waals surface area contributed by atoms with Crippen molar-refractivity contribution in [3.63, 3.8) is 0 Å². The Hall–Kier alpha value is -0.930. The molecule has 0 aliphatic heterocycles. The smallest absolute Gasteiger partial charge is 0.194 e. The van der Waals surface area contributed by atoms with E-state index in [4.69, 9.17) is 0 Å². The summed E-state index contributed by atoms with van der Waals surface area (Å²) in [6, 6.07) is 7.90. The van der Waals surface area contributed by atoms with Gasteiger partial charge in [-0.05, 0) is 54.4 Å². The van der Waals surface area contributed by atoms with Crippen LogP contribution in [0.1, 0.15) is 31.9 Å². The van der Waals surface area contributed by atoms with E-state index in [0.717, 1.165) is 30.9 Å². The Morgan fingerprint density at radius 2 is 1.82 bits per heavy atom. The van der Waals surface area contributed by atoms with Crippen molar-refractivity contribution in [2.45, 2.75) is 20.8 Å². The third kappa shape index (κ3) is 2.50. The van der Waals surface area contributed by atoms with Crippen molar-refractivity contribution >= 4 is 33.0 Å². The highest BCUT2D eigenvalue weighted by molar-refractivity contribution is 9.11. The molecule has 0 unspecified atom stereocenters. The highest BCUT2D eigenvalue weighted by atomic mass is 79.9. The van der Waals surface area contributed by atoms with Gasteiger partial charge in [0.2, 0.25) is 0 Å². The van der Waals surface area contributed by atoms with Gasteiger partial charge >= 0.3 is 0 Å². The lowest BCUT2D eigenvalue weighted by Crippen LogP contribution is -2.04. The van der Waals surface area contributed by atoms with Gasteiger partial charge in [-0.2, -0.15) is 0 Å². The molecule has 88 valence electrons. The van der Waals surface area contributed by atoms with Gasteiger partial charge in [0, 0.05) is 16.0 Å². The molecule has 0 aliphatic rings. The molecule has 1 aromatic carbocycles. The molecule has 0 bridgehead atoms. The second-order valence-electron chi connectivity index (χ2n) is 4.17. The second-order valence-corrected chi connectivity index (χ2v) is 6.80. The quantitative estimate of drug-likeness (QED) is 0.737. The summed E-state index contributed by atoms with van der Waals surface area (Å²) in [6.07, 6.45) is 0. The summed E-state index contributed by atoms with van der Waals surface area (Å²) in [5.74, 6) is 0.116. The van der Waals surface area contributed by atoms with Crippen LogP contribution in [0.2, 0.25) is 0 Å². The lowest BCUT2D eigenvalue weighted by molar-refractivity contribution is 0.103. The molecule has 17 heavy (non-hydrogen) atoms. The first kappa shape index (κ1) is 12.5. The maximum atomic E-state index is 12.4. The molecule has 0 radical (unpaired) electrons. The predicted molar refractivity (Wildman–Crippen MR) is 76.1 cm³/mol. The number of rotatable bonds is 2. The highest BCUT2D eigenvalue weighted by Crippen LogP contribution is 2.28. The molecule has 1 nitrogen and oxygen atoms in total. The fourth-order valence-corrected chi connectivity index (χ4v) is 3.48. The van der Waals surface area contributed by atoms with Crippen LogP contribution in [0.4, 0.5) is 0 Å². The summed E-state index contributed by atoms with van der Waals surface area (Å²) in [5.41, 5.74) is 3.75. The minimum Gasteiger partial charge on any atom is -0.289 e. The van der Waals surface area contributed by atoms with Crippen molar-refractivity contribution in [2.24, 2.45) is 0 Å². The zero-order valence-electron chi connectivity index (χ0n) is 10.0. The van der Waals surface area contributed by atoms with Crippen molar-refractivity contribution in [2.75, 3.05) is 0 Å². The first-order chi connectivity index (χ1) is 7.99. The Morgan fingerprint density at radius 1 is 1.12 bits per heavy atom. The monoisotopic (exact) mass is 308 g/mol. The molecule has 0 N–H and O–H groups in total. The molecular weight excluding hydrogens is 296 g/mol. The number of carbonyl (C=O) groups is 1. The Labute approximate surface area is 114 Å². The van der Waals surface area contributed by atoms with Gasteiger partial charge in [-0.25, -0.2) is 0 Å². The molecule has 2 aromatic rings. The van der Waals surface area contributed by atoms with Crippen LogP contribution in [-0.2, 0) is 0 Å².